The molecule has 2 heterocycles. The Balaban J connectivity index is 1.64. The third-order valence-corrected chi connectivity index (χ3v) is 5.23. The van der Waals surface area contributed by atoms with Gasteiger partial charge in [0, 0.05) is 30.9 Å². The van der Waals surface area contributed by atoms with Crippen LogP contribution in [0.5, 0.6) is 5.75 Å². The summed E-state index contributed by atoms with van der Waals surface area (Å²) in [6.07, 6.45) is 2.66. The minimum absolute atomic E-state index is 0.265. The van der Waals surface area contributed by atoms with E-state index in [4.69, 9.17) is 9.15 Å². The van der Waals surface area contributed by atoms with Crippen LogP contribution in [-0.2, 0) is 11.3 Å². The Bertz CT molecular complexity index is 725. The highest BCUT2D eigenvalue weighted by Crippen LogP contribution is 2.29. The van der Waals surface area contributed by atoms with Crippen LogP contribution in [0, 0.1) is 5.92 Å². The predicted molar refractivity (Wildman–Crippen MR) is 98.7 cm³/mol. The van der Waals surface area contributed by atoms with Gasteiger partial charge >= 0.3 is 0 Å². The Hall–Kier alpha value is -2.01. The molecule has 1 aromatic carbocycles. The molecule has 1 aliphatic rings. The second kappa shape index (κ2) is 7.91. The van der Waals surface area contributed by atoms with Crippen molar-refractivity contribution in [1.82, 2.24) is 10.2 Å². The van der Waals surface area contributed by atoms with Gasteiger partial charge in [-0.3, -0.25) is 4.79 Å². The molecule has 2 atom stereocenters. The average molecular weight is 344 g/mol. The molecule has 2 aromatic rings. The van der Waals surface area contributed by atoms with Crippen LogP contribution in [0.3, 0.4) is 0 Å². The molecule has 136 valence electrons. The van der Waals surface area contributed by atoms with E-state index in [1.807, 2.05) is 30.0 Å². The molecule has 1 aromatic heterocycles. The molecular formula is C20H28N2O3. The van der Waals surface area contributed by atoms with Crippen molar-refractivity contribution in [2.45, 2.75) is 45.7 Å². The summed E-state index contributed by atoms with van der Waals surface area (Å²) >= 11 is 0. The zero-order valence-corrected chi connectivity index (χ0v) is 15.4. The van der Waals surface area contributed by atoms with Crippen molar-refractivity contribution < 1.29 is 13.9 Å². The lowest BCUT2D eigenvalue weighted by Gasteiger charge is -2.38. The first-order valence-electron chi connectivity index (χ1n) is 9.22. The van der Waals surface area contributed by atoms with Gasteiger partial charge in [-0.25, -0.2) is 0 Å². The maximum absolute atomic E-state index is 12.0. The van der Waals surface area contributed by atoms with Crippen molar-refractivity contribution >= 4 is 16.9 Å². The van der Waals surface area contributed by atoms with Gasteiger partial charge in [0.25, 0.3) is 0 Å². The molecule has 0 saturated carbocycles. The lowest BCUT2D eigenvalue weighted by molar-refractivity contribution is -0.133. The molecule has 0 radical (unpaired) electrons. The van der Waals surface area contributed by atoms with E-state index in [-0.39, 0.29) is 5.91 Å². The molecule has 1 N–H and O–H groups in total. The van der Waals surface area contributed by atoms with Crippen molar-refractivity contribution in [3.63, 3.8) is 0 Å². The van der Waals surface area contributed by atoms with Crippen molar-refractivity contribution in [2.75, 3.05) is 20.2 Å². The van der Waals surface area contributed by atoms with Crippen LogP contribution in [0.15, 0.2) is 28.7 Å². The summed E-state index contributed by atoms with van der Waals surface area (Å²) in [7, 11) is 1.66. The van der Waals surface area contributed by atoms with Gasteiger partial charge in [0.2, 0.25) is 5.91 Å². The Morgan fingerprint density at radius 1 is 1.40 bits per heavy atom. The summed E-state index contributed by atoms with van der Waals surface area (Å²) < 4.78 is 11.3. The zero-order chi connectivity index (χ0) is 17.8. The smallest absolute Gasteiger partial charge is 0.222 e. The van der Waals surface area contributed by atoms with E-state index in [0.717, 1.165) is 48.4 Å². The zero-order valence-electron chi connectivity index (χ0n) is 15.4. The molecule has 5 heteroatoms. The highest BCUT2D eigenvalue weighted by atomic mass is 16.5. The van der Waals surface area contributed by atoms with Crippen molar-refractivity contribution in [3.8, 4) is 5.75 Å². The fourth-order valence-electron chi connectivity index (χ4n) is 3.73. The highest BCUT2D eigenvalue weighted by molar-refractivity contribution is 5.83. The van der Waals surface area contributed by atoms with E-state index < -0.39 is 0 Å². The Kier molecular flexibility index (Phi) is 5.63. The van der Waals surface area contributed by atoms with Crippen LogP contribution in [-0.4, -0.2) is 37.0 Å². The van der Waals surface area contributed by atoms with E-state index in [1.165, 1.54) is 0 Å². The van der Waals surface area contributed by atoms with Gasteiger partial charge in [-0.1, -0.05) is 32.4 Å². The Labute approximate surface area is 149 Å². The number of furan rings is 1. The lowest BCUT2D eigenvalue weighted by Crippen LogP contribution is -2.50. The highest BCUT2D eigenvalue weighted by Gasteiger charge is 2.29. The topological polar surface area (TPSA) is 54.7 Å². The number of carbonyl (C=O) groups excluding carboxylic acids is 1. The second-order valence-corrected chi connectivity index (χ2v) is 6.73. The monoisotopic (exact) mass is 344 g/mol. The first-order valence-corrected chi connectivity index (χ1v) is 9.22. The van der Waals surface area contributed by atoms with Crippen molar-refractivity contribution in [2.24, 2.45) is 5.92 Å². The van der Waals surface area contributed by atoms with Crippen LogP contribution in [0.1, 0.15) is 38.9 Å². The third kappa shape index (κ3) is 3.82. The maximum atomic E-state index is 12.0. The number of nitrogens with one attached hydrogen (secondary N) is 1. The molecule has 0 spiro atoms. The summed E-state index contributed by atoms with van der Waals surface area (Å²) in [4.78, 5) is 14.0. The van der Waals surface area contributed by atoms with E-state index in [1.54, 1.807) is 7.11 Å². The van der Waals surface area contributed by atoms with Gasteiger partial charge in [0.05, 0.1) is 13.7 Å². The average Bonchev–Trinajstić information content (AvgIpc) is 3.08. The maximum Gasteiger partial charge on any atom is 0.222 e. The number of carbonyl (C=O) groups is 1. The summed E-state index contributed by atoms with van der Waals surface area (Å²) in [6, 6.07) is 8.41. The standard InChI is InChI=1S/C20H28N2O3/c1-4-14-13-22(19(23)5-2)10-9-17(14)21-12-16-11-15-7-6-8-18(24-3)20(15)25-16/h6-8,11,14,17,21H,4-5,9-10,12-13H2,1-3H3/t14-,17-/m0/s1. The first-order chi connectivity index (χ1) is 12.2. The molecule has 0 unspecified atom stereocenters. The number of hydrogen-bond donors (Lipinski definition) is 1. The normalized spacial score (nSPS) is 20.8. The number of amides is 1. The van der Waals surface area contributed by atoms with Gasteiger partial charge in [-0.2, -0.15) is 0 Å². The molecule has 0 aliphatic carbocycles. The predicted octanol–water partition coefficient (Wildman–Crippen LogP) is 3.57. The number of piperidine rings is 1. The van der Waals surface area contributed by atoms with E-state index >= 15 is 0 Å². The van der Waals surface area contributed by atoms with Gasteiger partial charge in [0.1, 0.15) is 5.76 Å². The Morgan fingerprint density at radius 2 is 2.24 bits per heavy atom. The van der Waals surface area contributed by atoms with Crippen molar-refractivity contribution in [1.29, 1.82) is 0 Å². The molecule has 1 aliphatic heterocycles. The molecule has 5 nitrogen and oxygen atoms in total. The largest absolute Gasteiger partial charge is 0.493 e. The Morgan fingerprint density at radius 3 is 2.96 bits per heavy atom. The summed E-state index contributed by atoms with van der Waals surface area (Å²) in [5, 5.41) is 4.70. The van der Waals surface area contributed by atoms with Gasteiger partial charge in [-0.15, -0.1) is 0 Å². The number of rotatable bonds is 6. The van der Waals surface area contributed by atoms with Gasteiger partial charge < -0.3 is 19.4 Å². The summed E-state index contributed by atoms with van der Waals surface area (Å²) in [5.74, 6) is 2.44. The van der Waals surface area contributed by atoms with Crippen LogP contribution < -0.4 is 10.1 Å². The quantitative estimate of drug-likeness (QED) is 0.870. The molecule has 1 saturated heterocycles. The number of likely N-dealkylation sites (tertiary alicyclic amines) is 1. The number of hydrogen-bond acceptors (Lipinski definition) is 4. The number of ether oxygens (including phenoxy) is 1. The van der Waals surface area contributed by atoms with Gasteiger partial charge in [-0.05, 0) is 24.5 Å². The van der Waals surface area contributed by atoms with E-state index in [9.17, 15) is 4.79 Å². The number of para-hydroxylation sites is 1. The van der Waals surface area contributed by atoms with Gasteiger partial charge in [0.15, 0.2) is 11.3 Å². The lowest BCUT2D eigenvalue weighted by atomic mass is 9.89. The number of nitrogens with zero attached hydrogens (tertiary/aromatic N) is 1. The van der Waals surface area contributed by atoms with E-state index in [0.29, 0.717) is 24.9 Å². The molecule has 3 rings (SSSR count). The molecule has 0 bridgehead atoms. The number of methoxy groups -OCH3 is 1. The first kappa shape index (κ1) is 17.8. The molecule has 25 heavy (non-hydrogen) atoms. The van der Waals surface area contributed by atoms with E-state index in [2.05, 4.69) is 18.3 Å². The van der Waals surface area contributed by atoms with Crippen LogP contribution in [0.2, 0.25) is 0 Å². The second-order valence-electron chi connectivity index (χ2n) is 6.73. The summed E-state index contributed by atoms with van der Waals surface area (Å²) in [5.41, 5.74) is 0.803. The van der Waals surface area contributed by atoms with Crippen LogP contribution in [0.4, 0.5) is 0 Å². The summed E-state index contributed by atoms with van der Waals surface area (Å²) in [6.45, 7) is 6.53. The number of benzene rings is 1. The number of fused-ring (bicyclic) bond motifs is 1. The fraction of sp³-hybridized carbons (Fsp3) is 0.550. The van der Waals surface area contributed by atoms with Crippen molar-refractivity contribution in [3.05, 3.63) is 30.0 Å². The SMILES string of the molecule is CCC(=O)N1CC[C@H](NCc2cc3cccc(OC)c3o2)[C@@H](CC)C1. The minimum atomic E-state index is 0.265. The molecule has 1 fully saturated rings. The fourth-order valence-corrected chi connectivity index (χ4v) is 3.73. The third-order valence-electron chi connectivity index (χ3n) is 5.23. The minimum Gasteiger partial charge on any atom is -0.493 e. The molecule has 1 amide bonds. The van der Waals surface area contributed by atoms with Crippen LogP contribution >= 0.6 is 0 Å². The molecular weight excluding hydrogens is 316 g/mol. The van der Waals surface area contributed by atoms with Crippen LogP contribution in [0.25, 0.3) is 11.0 Å².